The first-order valence-electron chi connectivity index (χ1n) is 11.1. The summed E-state index contributed by atoms with van der Waals surface area (Å²) in [6.45, 7) is 0.207. The van der Waals surface area contributed by atoms with Crippen LogP contribution in [0.3, 0.4) is 0 Å². The SMILES string of the molecule is OC(c1ccc(Cl)c(Cl)c1)[C@H](O)CCOC(c1ccccc1)(c1ccccc1)c1ccccc1. The van der Waals surface area contributed by atoms with Crippen LogP contribution < -0.4 is 0 Å². The van der Waals surface area contributed by atoms with Crippen LogP contribution >= 0.6 is 23.2 Å². The molecule has 0 aliphatic carbocycles. The van der Waals surface area contributed by atoms with Crippen LogP contribution in [-0.4, -0.2) is 22.9 Å². The molecule has 174 valence electrons. The predicted molar refractivity (Wildman–Crippen MR) is 137 cm³/mol. The summed E-state index contributed by atoms with van der Waals surface area (Å²) in [5, 5.41) is 22.1. The maximum atomic E-state index is 10.7. The highest BCUT2D eigenvalue weighted by molar-refractivity contribution is 6.42. The van der Waals surface area contributed by atoms with Gasteiger partial charge in [0.1, 0.15) is 11.7 Å². The number of ether oxygens (including phenoxy) is 1. The Morgan fingerprint density at radius 1 is 0.647 bits per heavy atom. The van der Waals surface area contributed by atoms with Crippen molar-refractivity contribution in [3.8, 4) is 0 Å². The second-order valence-corrected chi connectivity index (χ2v) is 8.92. The first-order valence-corrected chi connectivity index (χ1v) is 11.9. The summed E-state index contributed by atoms with van der Waals surface area (Å²) in [4.78, 5) is 0. The average Bonchev–Trinajstić information content (AvgIpc) is 2.89. The first kappa shape index (κ1) is 24.5. The Labute approximate surface area is 210 Å². The van der Waals surface area contributed by atoms with E-state index < -0.39 is 17.8 Å². The van der Waals surface area contributed by atoms with E-state index in [2.05, 4.69) is 0 Å². The highest BCUT2D eigenvalue weighted by atomic mass is 35.5. The van der Waals surface area contributed by atoms with Crippen LogP contribution in [0, 0.1) is 0 Å². The Hall–Kier alpha value is -2.66. The van der Waals surface area contributed by atoms with Gasteiger partial charge in [-0.25, -0.2) is 0 Å². The molecule has 2 N–H and O–H groups in total. The lowest BCUT2D eigenvalue weighted by atomic mass is 9.80. The van der Waals surface area contributed by atoms with Gasteiger partial charge in [0.05, 0.1) is 22.8 Å². The van der Waals surface area contributed by atoms with E-state index in [1.54, 1.807) is 18.2 Å². The van der Waals surface area contributed by atoms with E-state index in [4.69, 9.17) is 27.9 Å². The van der Waals surface area contributed by atoms with Crippen LogP contribution in [-0.2, 0) is 10.3 Å². The maximum absolute atomic E-state index is 10.7. The summed E-state index contributed by atoms with van der Waals surface area (Å²) < 4.78 is 6.67. The van der Waals surface area contributed by atoms with E-state index in [1.807, 2.05) is 91.0 Å². The molecular weight excluding hydrogens is 467 g/mol. The summed E-state index contributed by atoms with van der Waals surface area (Å²) in [7, 11) is 0. The average molecular weight is 493 g/mol. The Balaban J connectivity index is 1.63. The van der Waals surface area contributed by atoms with Crippen LogP contribution in [0.1, 0.15) is 34.8 Å². The molecule has 5 heteroatoms. The van der Waals surface area contributed by atoms with E-state index in [0.717, 1.165) is 16.7 Å². The van der Waals surface area contributed by atoms with Crippen molar-refractivity contribution >= 4 is 23.2 Å². The van der Waals surface area contributed by atoms with Crippen molar-refractivity contribution in [2.24, 2.45) is 0 Å². The number of aliphatic hydroxyl groups excluding tert-OH is 2. The van der Waals surface area contributed by atoms with Crippen LogP contribution in [0.4, 0.5) is 0 Å². The Morgan fingerprint density at radius 2 is 1.12 bits per heavy atom. The third-order valence-corrected chi connectivity index (χ3v) is 6.66. The van der Waals surface area contributed by atoms with Crippen molar-refractivity contribution in [2.45, 2.75) is 24.2 Å². The quantitative estimate of drug-likeness (QED) is 0.253. The number of aliphatic hydroxyl groups is 2. The molecule has 4 aromatic carbocycles. The van der Waals surface area contributed by atoms with Crippen molar-refractivity contribution in [1.82, 2.24) is 0 Å². The van der Waals surface area contributed by atoms with Crippen LogP contribution in [0.2, 0.25) is 10.0 Å². The standard InChI is InChI=1S/C29H26Cl2O3/c30-25-17-16-21(20-26(25)31)28(33)27(32)18-19-34-29(22-10-4-1-5-11-22,23-12-6-2-7-13-23)24-14-8-3-9-15-24/h1-17,20,27-28,32-33H,18-19H2/t27-,28?/m1/s1. The summed E-state index contributed by atoms with van der Waals surface area (Å²) in [6, 6.07) is 34.9. The highest BCUT2D eigenvalue weighted by Crippen LogP contribution is 2.40. The summed E-state index contributed by atoms with van der Waals surface area (Å²) in [5.74, 6) is 0. The van der Waals surface area contributed by atoms with Gasteiger partial charge in [0.15, 0.2) is 0 Å². The van der Waals surface area contributed by atoms with Gasteiger partial charge in [0, 0.05) is 0 Å². The topological polar surface area (TPSA) is 49.7 Å². The van der Waals surface area contributed by atoms with Gasteiger partial charge in [-0.15, -0.1) is 0 Å². The molecule has 0 radical (unpaired) electrons. The van der Waals surface area contributed by atoms with Gasteiger partial charge in [-0.3, -0.25) is 0 Å². The monoisotopic (exact) mass is 492 g/mol. The highest BCUT2D eigenvalue weighted by Gasteiger charge is 2.37. The molecule has 0 aliphatic heterocycles. The van der Waals surface area contributed by atoms with Gasteiger partial charge in [-0.05, 0) is 40.8 Å². The lowest BCUT2D eigenvalue weighted by Gasteiger charge is -2.36. The van der Waals surface area contributed by atoms with Gasteiger partial charge >= 0.3 is 0 Å². The molecule has 0 spiro atoms. The molecule has 0 amide bonds. The van der Waals surface area contributed by atoms with Crippen molar-refractivity contribution in [2.75, 3.05) is 6.61 Å². The normalized spacial score (nSPS) is 13.4. The van der Waals surface area contributed by atoms with Crippen LogP contribution in [0.5, 0.6) is 0 Å². The zero-order valence-corrected chi connectivity index (χ0v) is 20.0. The minimum Gasteiger partial charge on any atom is -0.390 e. The minimum absolute atomic E-state index is 0.207. The molecule has 3 nitrogen and oxygen atoms in total. The van der Waals surface area contributed by atoms with Gasteiger partial charge in [-0.2, -0.15) is 0 Å². The predicted octanol–water partition coefficient (Wildman–Crippen LogP) is 6.79. The Morgan fingerprint density at radius 3 is 1.56 bits per heavy atom. The van der Waals surface area contributed by atoms with Crippen LogP contribution in [0.25, 0.3) is 0 Å². The van der Waals surface area contributed by atoms with E-state index in [0.29, 0.717) is 15.6 Å². The number of rotatable bonds is 9. The maximum Gasteiger partial charge on any atom is 0.143 e. The van der Waals surface area contributed by atoms with Gasteiger partial charge < -0.3 is 14.9 Å². The lowest BCUT2D eigenvalue weighted by molar-refractivity contribution is -0.0363. The molecule has 4 aromatic rings. The molecule has 2 atom stereocenters. The molecule has 0 saturated heterocycles. The van der Waals surface area contributed by atoms with E-state index >= 15 is 0 Å². The minimum atomic E-state index is -1.11. The molecule has 0 aliphatic rings. The largest absolute Gasteiger partial charge is 0.390 e. The second-order valence-electron chi connectivity index (χ2n) is 8.10. The Bertz CT molecular complexity index is 1090. The molecular formula is C29H26Cl2O3. The fourth-order valence-electron chi connectivity index (χ4n) is 4.18. The Kier molecular flexibility index (Phi) is 8.04. The second kappa shape index (κ2) is 11.2. The summed E-state index contributed by atoms with van der Waals surface area (Å²) >= 11 is 12.1. The molecule has 0 heterocycles. The summed E-state index contributed by atoms with van der Waals surface area (Å²) in [6.07, 6.45) is -1.94. The first-order chi connectivity index (χ1) is 16.5. The van der Waals surface area contributed by atoms with Gasteiger partial charge in [-0.1, -0.05) is 120 Å². The molecule has 0 fully saturated rings. The van der Waals surface area contributed by atoms with Crippen molar-refractivity contribution in [1.29, 1.82) is 0 Å². The van der Waals surface area contributed by atoms with Crippen molar-refractivity contribution in [3.63, 3.8) is 0 Å². The molecule has 4 rings (SSSR count). The molecule has 34 heavy (non-hydrogen) atoms. The van der Waals surface area contributed by atoms with Crippen molar-refractivity contribution in [3.05, 3.63) is 141 Å². The zero-order chi connectivity index (χ0) is 24.0. The molecule has 0 bridgehead atoms. The molecule has 0 saturated carbocycles. The van der Waals surface area contributed by atoms with E-state index in [9.17, 15) is 10.2 Å². The van der Waals surface area contributed by atoms with E-state index in [1.165, 1.54) is 0 Å². The van der Waals surface area contributed by atoms with E-state index in [-0.39, 0.29) is 13.0 Å². The zero-order valence-electron chi connectivity index (χ0n) is 18.5. The number of halogens is 2. The lowest BCUT2D eigenvalue weighted by Crippen LogP contribution is -2.34. The summed E-state index contributed by atoms with van der Waals surface area (Å²) in [5.41, 5.74) is 2.56. The fraction of sp³-hybridized carbons (Fsp3) is 0.172. The molecule has 1 unspecified atom stereocenters. The number of benzene rings is 4. The van der Waals surface area contributed by atoms with Gasteiger partial charge in [0.25, 0.3) is 0 Å². The smallest absolute Gasteiger partial charge is 0.143 e. The number of hydrogen-bond acceptors (Lipinski definition) is 3. The van der Waals surface area contributed by atoms with Crippen molar-refractivity contribution < 1.29 is 14.9 Å². The third-order valence-electron chi connectivity index (χ3n) is 5.92. The number of hydrogen-bond donors (Lipinski definition) is 2. The fourth-order valence-corrected chi connectivity index (χ4v) is 4.48. The molecule has 0 aromatic heterocycles. The van der Waals surface area contributed by atoms with Gasteiger partial charge in [0.2, 0.25) is 0 Å². The third kappa shape index (κ3) is 5.20. The van der Waals surface area contributed by atoms with Crippen LogP contribution in [0.15, 0.2) is 109 Å².